The van der Waals surface area contributed by atoms with E-state index in [9.17, 15) is 4.79 Å². The lowest BCUT2D eigenvalue weighted by Crippen LogP contribution is -2.23. The van der Waals surface area contributed by atoms with E-state index >= 15 is 0 Å². The molecule has 5 heteroatoms. The van der Waals surface area contributed by atoms with Crippen molar-refractivity contribution in [1.82, 2.24) is 5.32 Å². The van der Waals surface area contributed by atoms with Crippen LogP contribution in [0.1, 0.15) is 36.0 Å². The Morgan fingerprint density at radius 3 is 2.75 bits per heavy atom. The number of halogens is 1. The van der Waals surface area contributed by atoms with Crippen LogP contribution in [0.5, 0.6) is 0 Å². The molecule has 0 fully saturated rings. The minimum Gasteiger partial charge on any atom is -0.396 e. The van der Waals surface area contributed by atoms with Gasteiger partial charge >= 0.3 is 0 Å². The number of unbranched alkanes of at least 4 members (excludes halogenated alkanes) is 3. The van der Waals surface area contributed by atoms with Gasteiger partial charge in [-0.25, -0.2) is 0 Å². The Hall–Kier alpha value is -0.140. The van der Waals surface area contributed by atoms with Crippen LogP contribution >= 0.6 is 33.9 Å². The third kappa shape index (κ3) is 5.27. The van der Waals surface area contributed by atoms with Crippen LogP contribution in [0.25, 0.3) is 0 Å². The van der Waals surface area contributed by atoms with E-state index in [0.717, 1.165) is 40.7 Å². The molecule has 0 spiro atoms. The highest BCUT2D eigenvalue weighted by Crippen LogP contribution is 2.16. The Labute approximate surface area is 113 Å². The predicted octanol–water partition coefficient (Wildman–Crippen LogP) is 2.64. The lowest BCUT2D eigenvalue weighted by Gasteiger charge is -2.03. The van der Waals surface area contributed by atoms with Gasteiger partial charge in [0.05, 0.1) is 8.45 Å². The quantitative estimate of drug-likeness (QED) is 0.585. The number of carbonyl (C=O) groups is 1. The summed E-state index contributed by atoms with van der Waals surface area (Å²) in [5.41, 5.74) is 0.754. The monoisotopic (exact) mass is 353 g/mol. The van der Waals surface area contributed by atoms with Crippen LogP contribution in [0.15, 0.2) is 11.4 Å². The van der Waals surface area contributed by atoms with Gasteiger partial charge < -0.3 is 10.4 Å². The fourth-order valence-corrected chi connectivity index (χ4v) is 2.65. The number of nitrogens with one attached hydrogen (secondary N) is 1. The average Bonchev–Trinajstić information content (AvgIpc) is 2.70. The fraction of sp³-hybridized carbons (Fsp3) is 0.545. The van der Waals surface area contributed by atoms with E-state index in [1.807, 2.05) is 11.4 Å². The molecule has 0 aliphatic carbocycles. The smallest absolute Gasteiger partial charge is 0.252 e. The topological polar surface area (TPSA) is 49.3 Å². The summed E-state index contributed by atoms with van der Waals surface area (Å²) in [6.07, 6.45) is 3.92. The van der Waals surface area contributed by atoms with Gasteiger partial charge in [-0.3, -0.25) is 4.79 Å². The van der Waals surface area contributed by atoms with Crippen LogP contribution in [-0.4, -0.2) is 24.2 Å². The van der Waals surface area contributed by atoms with Crippen molar-refractivity contribution >= 4 is 39.8 Å². The van der Waals surface area contributed by atoms with Crippen molar-refractivity contribution in [2.24, 2.45) is 0 Å². The van der Waals surface area contributed by atoms with Crippen molar-refractivity contribution in [2.45, 2.75) is 25.7 Å². The number of aliphatic hydroxyl groups excluding tert-OH is 1. The van der Waals surface area contributed by atoms with Crippen LogP contribution < -0.4 is 5.32 Å². The molecule has 0 unspecified atom stereocenters. The minimum atomic E-state index is 0.0151. The van der Waals surface area contributed by atoms with Crippen molar-refractivity contribution in [2.75, 3.05) is 13.2 Å². The predicted molar refractivity (Wildman–Crippen MR) is 74.9 cm³/mol. The second-order valence-corrected chi connectivity index (χ2v) is 6.34. The normalized spacial score (nSPS) is 10.4. The summed E-state index contributed by atoms with van der Waals surface area (Å²) in [5.74, 6) is 0.0151. The van der Waals surface area contributed by atoms with Crippen molar-refractivity contribution < 1.29 is 9.90 Å². The number of hydrogen-bond acceptors (Lipinski definition) is 3. The lowest BCUT2D eigenvalue weighted by molar-refractivity contribution is 0.0953. The molecule has 0 aromatic carbocycles. The van der Waals surface area contributed by atoms with Crippen LogP contribution in [0, 0.1) is 2.88 Å². The third-order valence-electron chi connectivity index (χ3n) is 2.20. The maximum atomic E-state index is 11.6. The zero-order chi connectivity index (χ0) is 11.8. The Bertz CT molecular complexity index is 328. The number of rotatable bonds is 7. The van der Waals surface area contributed by atoms with Gasteiger partial charge in [0, 0.05) is 18.5 Å². The molecule has 1 aromatic heterocycles. The first kappa shape index (κ1) is 13.9. The minimum absolute atomic E-state index is 0.0151. The average molecular weight is 353 g/mol. The highest BCUT2D eigenvalue weighted by atomic mass is 127. The number of carbonyl (C=O) groups excluding carboxylic acids is 1. The van der Waals surface area contributed by atoms with Gasteiger partial charge in [-0.05, 0) is 41.5 Å². The fourth-order valence-electron chi connectivity index (χ4n) is 1.32. The van der Waals surface area contributed by atoms with E-state index in [0.29, 0.717) is 0 Å². The van der Waals surface area contributed by atoms with Gasteiger partial charge in [0.1, 0.15) is 0 Å². The molecular weight excluding hydrogens is 337 g/mol. The zero-order valence-electron chi connectivity index (χ0n) is 9.04. The van der Waals surface area contributed by atoms with Gasteiger partial charge in [-0.1, -0.05) is 12.8 Å². The molecule has 2 N–H and O–H groups in total. The van der Waals surface area contributed by atoms with Crippen LogP contribution in [0.3, 0.4) is 0 Å². The molecule has 1 aromatic rings. The number of aliphatic hydroxyl groups is 1. The van der Waals surface area contributed by atoms with Gasteiger partial charge in [-0.2, -0.15) is 0 Å². The summed E-state index contributed by atoms with van der Waals surface area (Å²) < 4.78 is 1.13. The maximum absolute atomic E-state index is 11.6. The Kier molecular flexibility index (Phi) is 6.98. The molecule has 0 aliphatic heterocycles. The summed E-state index contributed by atoms with van der Waals surface area (Å²) in [5, 5.41) is 13.4. The SMILES string of the molecule is O=C(NCCCCCCO)c1csc(I)c1. The molecule has 90 valence electrons. The Balaban J connectivity index is 2.11. The summed E-state index contributed by atoms with van der Waals surface area (Å²) in [4.78, 5) is 11.6. The first-order valence-electron chi connectivity index (χ1n) is 5.37. The van der Waals surface area contributed by atoms with Crippen LogP contribution in [-0.2, 0) is 0 Å². The largest absolute Gasteiger partial charge is 0.396 e. The van der Waals surface area contributed by atoms with Gasteiger partial charge in [-0.15, -0.1) is 11.3 Å². The molecule has 1 amide bonds. The molecular formula is C11H16INO2S. The van der Waals surface area contributed by atoms with Gasteiger partial charge in [0.15, 0.2) is 0 Å². The first-order chi connectivity index (χ1) is 7.74. The van der Waals surface area contributed by atoms with Crippen molar-refractivity contribution in [3.8, 4) is 0 Å². The number of amides is 1. The lowest BCUT2D eigenvalue weighted by atomic mass is 10.2. The molecule has 0 saturated carbocycles. The van der Waals surface area contributed by atoms with E-state index in [2.05, 4.69) is 27.9 Å². The van der Waals surface area contributed by atoms with Crippen LogP contribution in [0.4, 0.5) is 0 Å². The van der Waals surface area contributed by atoms with E-state index < -0.39 is 0 Å². The van der Waals surface area contributed by atoms with Crippen molar-refractivity contribution in [1.29, 1.82) is 0 Å². The van der Waals surface area contributed by atoms with E-state index in [1.54, 1.807) is 11.3 Å². The third-order valence-corrected chi connectivity index (χ3v) is 3.99. The summed E-state index contributed by atoms with van der Waals surface area (Å²) >= 11 is 3.79. The molecule has 0 bridgehead atoms. The highest BCUT2D eigenvalue weighted by molar-refractivity contribution is 14.1. The summed E-state index contributed by atoms with van der Waals surface area (Å²) in [7, 11) is 0. The molecule has 0 radical (unpaired) electrons. The molecule has 1 heterocycles. The number of thiophene rings is 1. The van der Waals surface area contributed by atoms with E-state index in [1.165, 1.54) is 0 Å². The summed E-state index contributed by atoms with van der Waals surface area (Å²) in [6.45, 7) is 0.983. The molecule has 16 heavy (non-hydrogen) atoms. The standard InChI is InChI=1S/C11H16INO2S/c12-10-7-9(8-16-10)11(15)13-5-3-1-2-4-6-14/h7-8,14H,1-6H2,(H,13,15). The van der Waals surface area contributed by atoms with E-state index in [-0.39, 0.29) is 12.5 Å². The molecule has 3 nitrogen and oxygen atoms in total. The van der Waals surface area contributed by atoms with E-state index in [4.69, 9.17) is 5.11 Å². The van der Waals surface area contributed by atoms with Crippen molar-refractivity contribution in [3.05, 3.63) is 19.9 Å². The van der Waals surface area contributed by atoms with Crippen molar-refractivity contribution in [3.63, 3.8) is 0 Å². The first-order valence-corrected chi connectivity index (χ1v) is 7.33. The molecule has 1 rings (SSSR count). The molecule has 0 saturated heterocycles. The Morgan fingerprint density at radius 2 is 2.12 bits per heavy atom. The second kappa shape index (κ2) is 8.03. The molecule has 0 atom stereocenters. The number of hydrogen-bond donors (Lipinski definition) is 2. The van der Waals surface area contributed by atoms with Gasteiger partial charge in [0.25, 0.3) is 5.91 Å². The maximum Gasteiger partial charge on any atom is 0.252 e. The van der Waals surface area contributed by atoms with Gasteiger partial charge in [0.2, 0.25) is 0 Å². The van der Waals surface area contributed by atoms with Crippen LogP contribution in [0.2, 0.25) is 0 Å². The molecule has 0 aliphatic rings. The zero-order valence-corrected chi connectivity index (χ0v) is 12.0. The second-order valence-electron chi connectivity index (χ2n) is 3.53. The summed E-state index contributed by atoms with van der Waals surface area (Å²) in [6, 6.07) is 1.90. The highest BCUT2D eigenvalue weighted by Gasteiger charge is 2.06. The Morgan fingerprint density at radius 1 is 1.38 bits per heavy atom.